The molecular weight excluding hydrogens is 418 g/mol. The number of anilines is 2. The number of likely N-dealkylation sites (tertiary alicyclic amines) is 1. The maximum Gasteiger partial charge on any atom is 0.254 e. The van der Waals surface area contributed by atoms with Crippen LogP contribution in [0, 0.1) is 6.92 Å². The van der Waals surface area contributed by atoms with E-state index in [0.29, 0.717) is 36.0 Å². The molecule has 2 N–H and O–H groups in total. The van der Waals surface area contributed by atoms with E-state index < -0.39 is 0 Å². The Bertz CT molecular complexity index is 976. The number of hydrogen-bond acceptors (Lipinski definition) is 5. The largest absolute Gasteiger partial charge is 0.494 e. The van der Waals surface area contributed by atoms with Gasteiger partial charge >= 0.3 is 0 Å². The Kier molecular flexibility index (Phi) is 8.58. The van der Waals surface area contributed by atoms with Gasteiger partial charge in [0, 0.05) is 29.9 Å². The molecule has 33 heavy (non-hydrogen) atoms. The molecular formula is C26H35N3O4. The van der Waals surface area contributed by atoms with Crippen LogP contribution < -0.4 is 20.1 Å². The second-order valence-corrected chi connectivity index (χ2v) is 8.30. The highest BCUT2D eigenvalue weighted by Gasteiger charge is 2.24. The van der Waals surface area contributed by atoms with Gasteiger partial charge in [0.1, 0.15) is 11.5 Å². The molecule has 2 amide bonds. The van der Waals surface area contributed by atoms with Gasteiger partial charge in [-0.15, -0.1) is 0 Å². The predicted octanol–water partition coefficient (Wildman–Crippen LogP) is 4.86. The van der Waals surface area contributed by atoms with Crippen molar-refractivity contribution in [3.8, 4) is 11.5 Å². The summed E-state index contributed by atoms with van der Waals surface area (Å²) in [6.07, 6.45) is 3.29. The zero-order chi connectivity index (χ0) is 23.8. The molecule has 1 atom stereocenters. The SMILES string of the molecule is CCOc1ccc(OCC)c(NC(=O)CNc2ccc(C(=O)N3CCCCC3C)cc2C)c1. The van der Waals surface area contributed by atoms with Gasteiger partial charge < -0.3 is 25.0 Å². The summed E-state index contributed by atoms with van der Waals surface area (Å²) in [6.45, 7) is 9.79. The molecule has 0 radical (unpaired) electrons. The van der Waals surface area contributed by atoms with Gasteiger partial charge in [-0.2, -0.15) is 0 Å². The number of carbonyl (C=O) groups is 2. The molecule has 3 rings (SSSR count). The lowest BCUT2D eigenvalue weighted by molar-refractivity contribution is -0.114. The van der Waals surface area contributed by atoms with Crippen LogP contribution in [0.15, 0.2) is 36.4 Å². The first kappa shape index (κ1) is 24.4. The summed E-state index contributed by atoms with van der Waals surface area (Å²) in [4.78, 5) is 27.5. The number of rotatable bonds is 9. The number of piperidine rings is 1. The van der Waals surface area contributed by atoms with Gasteiger partial charge in [-0.25, -0.2) is 0 Å². The highest BCUT2D eigenvalue weighted by molar-refractivity contribution is 5.96. The molecule has 0 saturated carbocycles. The van der Waals surface area contributed by atoms with Gasteiger partial charge in [-0.05, 0) is 82.9 Å². The minimum Gasteiger partial charge on any atom is -0.494 e. The minimum absolute atomic E-state index is 0.0761. The number of nitrogens with zero attached hydrogens (tertiary/aromatic N) is 1. The molecule has 1 saturated heterocycles. The lowest BCUT2D eigenvalue weighted by Crippen LogP contribution is -2.42. The summed E-state index contributed by atoms with van der Waals surface area (Å²) in [6, 6.07) is 11.2. The number of ether oxygens (including phenoxy) is 2. The average Bonchev–Trinajstić information content (AvgIpc) is 2.80. The topological polar surface area (TPSA) is 79.9 Å². The minimum atomic E-state index is -0.203. The van der Waals surface area contributed by atoms with Gasteiger partial charge in [0.05, 0.1) is 25.4 Å². The van der Waals surface area contributed by atoms with E-state index in [4.69, 9.17) is 9.47 Å². The van der Waals surface area contributed by atoms with Crippen LogP contribution in [-0.4, -0.2) is 49.1 Å². The molecule has 1 heterocycles. The fraction of sp³-hybridized carbons (Fsp3) is 0.462. The van der Waals surface area contributed by atoms with E-state index in [2.05, 4.69) is 17.6 Å². The molecule has 2 aromatic carbocycles. The van der Waals surface area contributed by atoms with Crippen LogP contribution in [0.2, 0.25) is 0 Å². The lowest BCUT2D eigenvalue weighted by Gasteiger charge is -2.33. The van der Waals surface area contributed by atoms with Gasteiger partial charge in [-0.3, -0.25) is 9.59 Å². The molecule has 0 aromatic heterocycles. The summed E-state index contributed by atoms with van der Waals surface area (Å²) in [5.74, 6) is 1.14. The van der Waals surface area contributed by atoms with E-state index in [1.165, 1.54) is 6.42 Å². The normalized spacial score (nSPS) is 15.6. The maximum atomic E-state index is 12.9. The predicted molar refractivity (Wildman–Crippen MR) is 131 cm³/mol. The van der Waals surface area contributed by atoms with Crippen LogP contribution in [0.3, 0.4) is 0 Å². The van der Waals surface area contributed by atoms with Crippen LogP contribution in [0.4, 0.5) is 11.4 Å². The molecule has 1 aliphatic heterocycles. The standard InChI is InChI=1S/C26H35N3O4/c1-5-32-21-11-13-24(33-6-2)23(16-21)28-25(30)17-27-22-12-10-20(15-18(22)3)26(31)29-14-8-7-9-19(29)4/h10-13,15-16,19,27H,5-9,14,17H2,1-4H3,(H,28,30). The Hall–Kier alpha value is -3.22. The smallest absolute Gasteiger partial charge is 0.254 e. The summed E-state index contributed by atoms with van der Waals surface area (Å²) < 4.78 is 11.2. The second-order valence-electron chi connectivity index (χ2n) is 8.30. The zero-order valence-corrected chi connectivity index (χ0v) is 20.1. The summed E-state index contributed by atoms with van der Waals surface area (Å²) in [5.41, 5.74) is 3.00. The third-order valence-electron chi connectivity index (χ3n) is 5.81. The molecule has 0 aliphatic carbocycles. The van der Waals surface area contributed by atoms with Crippen LogP contribution >= 0.6 is 0 Å². The van der Waals surface area contributed by atoms with E-state index in [1.807, 2.05) is 49.9 Å². The molecule has 1 aliphatic rings. The second kappa shape index (κ2) is 11.6. The number of amides is 2. The van der Waals surface area contributed by atoms with E-state index in [-0.39, 0.29) is 24.4 Å². The van der Waals surface area contributed by atoms with Gasteiger partial charge in [0.2, 0.25) is 5.91 Å². The quantitative estimate of drug-likeness (QED) is 0.567. The number of hydrogen-bond donors (Lipinski definition) is 2. The summed E-state index contributed by atoms with van der Waals surface area (Å²) in [5, 5.41) is 6.06. The number of carbonyl (C=O) groups excluding carboxylic acids is 2. The van der Waals surface area contributed by atoms with Crippen molar-refractivity contribution in [2.45, 2.75) is 53.0 Å². The van der Waals surface area contributed by atoms with E-state index >= 15 is 0 Å². The summed E-state index contributed by atoms with van der Waals surface area (Å²) >= 11 is 0. The molecule has 0 spiro atoms. The van der Waals surface area contributed by atoms with Gasteiger partial charge in [0.15, 0.2) is 0 Å². The fourth-order valence-electron chi connectivity index (χ4n) is 4.08. The first-order chi connectivity index (χ1) is 15.9. The number of benzene rings is 2. The average molecular weight is 454 g/mol. The molecule has 0 bridgehead atoms. The molecule has 7 heteroatoms. The van der Waals surface area contributed by atoms with Crippen molar-refractivity contribution in [2.24, 2.45) is 0 Å². The highest BCUT2D eigenvalue weighted by Crippen LogP contribution is 2.29. The van der Waals surface area contributed by atoms with Crippen molar-refractivity contribution < 1.29 is 19.1 Å². The highest BCUT2D eigenvalue weighted by atomic mass is 16.5. The molecule has 7 nitrogen and oxygen atoms in total. The number of aryl methyl sites for hydroxylation is 1. The molecule has 2 aromatic rings. The maximum absolute atomic E-state index is 12.9. The lowest BCUT2D eigenvalue weighted by atomic mass is 10.0. The van der Waals surface area contributed by atoms with Crippen LogP contribution in [0.25, 0.3) is 0 Å². The monoisotopic (exact) mass is 453 g/mol. The van der Waals surface area contributed by atoms with Crippen molar-refractivity contribution in [1.82, 2.24) is 4.90 Å². The Labute approximate surface area is 196 Å². The van der Waals surface area contributed by atoms with Crippen LogP contribution in [-0.2, 0) is 4.79 Å². The van der Waals surface area contributed by atoms with E-state index in [0.717, 1.165) is 30.6 Å². The third kappa shape index (κ3) is 6.40. The van der Waals surface area contributed by atoms with Gasteiger partial charge in [0.25, 0.3) is 5.91 Å². The molecule has 178 valence electrons. The van der Waals surface area contributed by atoms with E-state index in [1.54, 1.807) is 12.1 Å². The molecule has 1 unspecified atom stereocenters. The van der Waals surface area contributed by atoms with Gasteiger partial charge in [-0.1, -0.05) is 0 Å². The Morgan fingerprint density at radius 2 is 1.82 bits per heavy atom. The Balaban J connectivity index is 1.62. The Morgan fingerprint density at radius 1 is 1.03 bits per heavy atom. The van der Waals surface area contributed by atoms with Crippen molar-refractivity contribution in [1.29, 1.82) is 0 Å². The van der Waals surface area contributed by atoms with Crippen molar-refractivity contribution in [2.75, 3.05) is 36.9 Å². The Morgan fingerprint density at radius 3 is 2.52 bits per heavy atom. The van der Waals surface area contributed by atoms with Crippen LogP contribution in [0.1, 0.15) is 56.0 Å². The van der Waals surface area contributed by atoms with Crippen molar-refractivity contribution in [3.05, 3.63) is 47.5 Å². The number of nitrogens with one attached hydrogen (secondary N) is 2. The third-order valence-corrected chi connectivity index (χ3v) is 5.81. The first-order valence-corrected chi connectivity index (χ1v) is 11.8. The molecule has 1 fully saturated rings. The first-order valence-electron chi connectivity index (χ1n) is 11.8. The zero-order valence-electron chi connectivity index (χ0n) is 20.1. The fourth-order valence-corrected chi connectivity index (χ4v) is 4.08. The van der Waals surface area contributed by atoms with Crippen LogP contribution in [0.5, 0.6) is 11.5 Å². The van der Waals surface area contributed by atoms with Crippen molar-refractivity contribution >= 4 is 23.2 Å². The van der Waals surface area contributed by atoms with Crippen molar-refractivity contribution in [3.63, 3.8) is 0 Å². The van der Waals surface area contributed by atoms with E-state index in [9.17, 15) is 9.59 Å². The summed E-state index contributed by atoms with van der Waals surface area (Å²) in [7, 11) is 0.